The van der Waals surface area contributed by atoms with Crippen molar-refractivity contribution in [3.05, 3.63) is 58.4 Å². The summed E-state index contributed by atoms with van der Waals surface area (Å²) in [5, 5.41) is 1.89. The molecule has 0 saturated heterocycles. The second-order valence-electron chi connectivity index (χ2n) is 6.80. The average Bonchev–Trinajstić information content (AvgIpc) is 2.87. The van der Waals surface area contributed by atoms with Gasteiger partial charge in [0.2, 0.25) is 5.91 Å². The lowest BCUT2D eigenvalue weighted by Crippen LogP contribution is -2.35. The summed E-state index contributed by atoms with van der Waals surface area (Å²) < 4.78 is 39.1. The van der Waals surface area contributed by atoms with E-state index < -0.39 is 18.6 Å². The number of carbonyl (C=O) groups is 2. The number of rotatable bonds is 5. The van der Waals surface area contributed by atoms with Crippen molar-refractivity contribution in [2.45, 2.75) is 45.3 Å². The fourth-order valence-corrected chi connectivity index (χ4v) is 3.60. The number of alkyl halides is 3. The van der Waals surface area contributed by atoms with Gasteiger partial charge in [0, 0.05) is 29.9 Å². The van der Waals surface area contributed by atoms with E-state index in [0.717, 1.165) is 29.8 Å². The van der Waals surface area contributed by atoms with Crippen LogP contribution in [0.3, 0.4) is 0 Å². The van der Waals surface area contributed by atoms with Crippen LogP contribution in [0.5, 0.6) is 0 Å². The summed E-state index contributed by atoms with van der Waals surface area (Å²) >= 11 is 0. The predicted octanol–water partition coefficient (Wildman–Crippen LogP) is 3.58. The number of nitrogens with one attached hydrogen (secondary N) is 1. The Kier molecular flexibility index (Phi) is 5.39. The molecule has 4 nitrogen and oxygen atoms in total. The number of hydrogen-bond donors (Lipinski definition) is 1. The fraction of sp³-hybridized carbons (Fsp3) is 0.400. The molecule has 0 aliphatic heterocycles. The molecule has 0 atom stereocenters. The highest BCUT2D eigenvalue weighted by molar-refractivity contribution is 6.01. The van der Waals surface area contributed by atoms with Crippen LogP contribution >= 0.6 is 0 Å². The van der Waals surface area contributed by atoms with Crippen molar-refractivity contribution in [2.24, 2.45) is 0 Å². The SMILES string of the molecule is Cc1c(CC(=O)NCC(F)(F)F)c2c(n1Cc1ccccc1)CCCC2=O. The second kappa shape index (κ2) is 7.58. The van der Waals surface area contributed by atoms with Crippen molar-refractivity contribution in [3.8, 4) is 0 Å². The van der Waals surface area contributed by atoms with Crippen LogP contribution in [0.15, 0.2) is 30.3 Å². The zero-order valence-corrected chi connectivity index (χ0v) is 15.0. The third-order valence-corrected chi connectivity index (χ3v) is 4.86. The van der Waals surface area contributed by atoms with Gasteiger partial charge >= 0.3 is 6.18 Å². The maximum Gasteiger partial charge on any atom is 0.405 e. The molecule has 144 valence electrons. The standard InChI is InChI=1S/C20H21F3N2O2/c1-13-15(10-18(27)24-12-20(21,22)23)19-16(8-5-9-17(19)26)25(13)11-14-6-3-2-4-7-14/h2-4,6-7H,5,8-12H2,1H3,(H,24,27). The molecule has 7 heteroatoms. The molecule has 1 aliphatic rings. The third-order valence-electron chi connectivity index (χ3n) is 4.86. The first-order valence-electron chi connectivity index (χ1n) is 8.87. The molecular formula is C20H21F3N2O2. The molecule has 0 radical (unpaired) electrons. The van der Waals surface area contributed by atoms with Crippen LogP contribution in [0.2, 0.25) is 0 Å². The molecule has 1 aromatic carbocycles. The predicted molar refractivity (Wildman–Crippen MR) is 94.8 cm³/mol. The summed E-state index contributed by atoms with van der Waals surface area (Å²) in [5.41, 5.74) is 3.78. The van der Waals surface area contributed by atoms with Crippen molar-refractivity contribution in [1.82, 2.24) is 9.88 Å². The first-order chi connectivity index (χ1) is 12.8. The largest absolute Gasteiger partial charge is 0.405 e. The van der Waals surface area contributed by atoms with E-state index in [0.29, 0.717) is 24.1 Å². The summed E-state index contributed by atoms with van der Waals surface area (Å²) in [6.07, 6.45) is -2.82. The van der Waals surface area contributed by atoms with E-state index in [1.165, 1.54) is 0 Å². The van der Waals surface area contributed by atoms with Crippen molar-refractivity contribution in [1.29, 1.82) is 0 Å². The Hall–Kier alpha value is -2.57. The van der Waals surface area contributed by atoms with Crippen LogP contribution in [0.25, 0.3) is 0 Å². The fourth-order valence-electron chi connectivity index (χ4n) is 3.60. The highest BCUT2D eigenvalue weighted by Gasteiger charge is 2.31. The van der Waals surface area contributed by atoms with Gasteiger partial charge < -0.3 is 9.88 Å². The maximum atomic E-state index is 12.5. The minimum Gasteiger partial charge on any atom is -0.347 e. The lowest BCUT2D eigenvalue weighted by atomic mass is 9.92. The Morgan fingerprint density at radius 3 is 2.56 bits per heavy atom. The summed E-state index contributed by atoms with van der Waals surface area (Å²) in [6.45, 7) is 1.01. The van der Waals surface area contributed by atoms with Crippen molar-refractivity contribution < 1.29 is 22.8 Å². The first kappa shape index (κ1) is 19.2. The van der Waals surface area contributed by atoms with Gasteiger partial charge in [-0.2, -0.15) is 13.2 Å². The van der Waals surface area contributed by atoms with E-state index in [1.807, 2.05) is 47.1 Å². The van der Waals surface area contributed by atoms with Crippen LogP contribution in [-0.4, -0.2) is 29.0 Å². The summed E-state index contributed by atoms with van der Waals surface area (Å²) in [5.74, 6) is -0.766. The van der Waals surface area contributed by atoms with Gasteiger partial charge in [-0.1, -0.05) is 30.3 Å². The number of carbonyl (C=O) groups excluding carboxylic acids is 2. The molecule has 0 saturated carbocycles. The zero-order chi connectivity index (χ0) is 19.6. The highest BCUT2D eigenvalue weighted by Crippen LogP contribution is 2.31. The minimum atomic E-state index is -4.46. The molecule has 27 heavy (non-hydrogen) atoms. The normalized spacial score (nSPS) is 14.1. The van der Waals surface area contributed by atoms with Crippen LogP contribution < -0.4 is 5.32 Å². The monoisotopic (exact) mass is 378 g/mol. The van der Waals surface area contributed by atoms with E-state index in [1.54, 1.807) is 0 Å². The lowest BCUT2D eigenvalue weighted by Gasteiger charge is -2.16. The number of Topliss-reactive ketones (excluding diaryl/α,β-unsaturated/α-hetero) is 1. The summed E-state index contributed by atoms with van der Waals surface area (Å²) in [7, 11) is 0. The van der Waals surface area contributed by atoms with Crippen LogP contribution in [-0.2, 0) is 24.2 Å². The smallest absolute Gasteiger partial charge is 0.347 e. The molecule has 1 aromatic heterocycles. The molecule has 1 heterocycles. The number of fused-ring (bicyclic) bond motifs is 1. The number of aromatic nitrogens is 1. The maximum absolute atomic E-state index is 12.5. The van der Waals surface area contributed by atoms with E-state index in [4.69, 9.17) is 0 Å². The minimum absolute atomic E-state index is 0.0372. The number of nitrogens with zero attached hydrogens (tertiary/aromatic N) is 1. The van der Waals surface area contributed by atoms with E-state index in [-0.39, 0.29) is 12.2 Å². The van der Waals surface area contributed by atoms with Gasteiger partial charge in [0.1, 0.15) is 6.54 Å². The third kappa shape index (κ3) is 4.40. The van der Waals surface area contributed by atoms with Gasteiger partial charge in [0.25, 0.3) is 0 Å². The zero-order valence-electron chi connectivity index (χ0n) is 15.0. The molecule has 2 aromatic rings. The molecule has 0 unspecified atom stereocenters. The quantitative estimate of drug-likeness (QED) is 0.865. The number of ketones is 1. The Bertz CT molecular complexity index is 854. The highest BCUT2D eigenvalue weighted by atomic mass is 19.4. The van der Waals surface area contributed by atoms with Crippen molar-refractivity contribution in [2.75, 3.05) is 6.54 Å². The number of amides is 1. The van der Waals surface area contributed by atoms with Crippen LogP contribution in [0, 0.1) is 6.92 Å². The van der Waals surface area contributed by atoms with Crippen molar-refractivity contribution in [3.63, 3.8) is 0 Å². The number of halogens is 3. The van der Waals surface area contributed by atoms with Crippen LogP contribution in [0.1, 0.15) is 45.7 Å². The molecule has 0 fully saturated rings. The van der Waals surface area contributed by atoms with Gasteiger partial charge in [-0.25, -0.2) is 0 Å². The molecule has 1 aliphatic carbocycles. The molecule has 3 rings (SSSR count). The Morgan fingerprint density at radius 1 is 1.19 bits per heavy atom. The molecule has 1 amide bonds. The number of benzene rings is 1. The molecular weight excluding hydrogens is 357 g/mol. The van der Waals surface area contributed by atoms with E-state index >= 15 is 0 Å². The topological polar surface area (TPSA) is 51.1 Å². The van der Waals surface area contributed by atoms with Crippen LogP contribution in [0.4, 0.5) is 13.2 Å². The second-order valence-corrected chi connectivity index (χ2v) is 6.80. The molecule has 1 N–H and O–H groups in total. The van der Waals surface area contributed by atoms with Gasteiger partial charge in [0.15, 0.2) is 5.78 Å². The molecule has 0 bridgehead atoms. The van der Waals surface area contributed by atoms with Crippen molar-refractivity contribution >= 4 is 11.7 Å². The van der Waals surface area contributed by atoms with E-state index in [2.05, 4.69) is 0 Å². The van der Waals surface area contributed by atoms with Gasteiger partial charge in [-0.3, -0.25) is 9.59 Å². The summed E-state index contributed by atoms with van der Waals surface area (Å²) in [6, 6.07) is 9.73. The van der Waals surface area contributed by atoms with E-state index in [9.17, 15) is 22.8 Å². The molecule has 0 spiro atoms. The average molecular weight is 378 g/mol. The Labute approximate surface area is 155 Å². The first-order valence-corrected chi connectivity index (χ1v) is 8.87. The van der Waals surface area contributed by atoms with Gasteiger partial charge in [-0.15, -0.1) is 0 Å². The number of hydrogen-bond acceptors (Lipinski definition) is 2. The Morgan fingerprint density at radius 2 is 1.89 bits per heavy atom. The van der Waals surface area contributed by atoms with Gasteiger partial charge in [0.05, 0.1) is 6.42 Å². The summed E-state index contributed by atoms with van der Waals surface area (Å²) in [4.78, 5) is 24.5. The van der Waals surface area contributed by atoms with Gasteiger partial charge in [-0.05, 0) is 30.9 Å². The Balaban J connectivity index is 1.91. The lowest BCUT2D eigenvalue weighted by molar-refractivity contribution is -0.138.